The molecule has 5 rings (SSSR count). The van der Waals surface area contributed by atoms with Crippen molar-refractivity contribution in [1.82, 2.24) is 15.0 Å². The van der Waals surface area contributed by atoms with Gasteiger partial charge in [-0.3, -0.25) is 4.79 Å². The first-order valence-electron chi connectivity index (χ1n) is 9.28. The molecular formula is C22H19N3O3. The van der Waals surface area contributed by atoms with E-state index in [4.69, 9.17) is 8.94 Å². The highest BCUT2D eigenvalue weighted by atomic mass is 16.5. The van der Waals surface area contributed by atoms with Crippen LogP contribution in [-0.2, 0) is 4.79 Å². The molecule has 1 aliphatic rings. The van der Waals surface area contributed by atoms with Gasteiger partial charge in [-0.15, -0.1) is 0 Å². The molecule has 0 radical (unpaired) electrons. The average molecular weight is 373 g/mol. The first kappa shape index (κ1) is 16.7. The number of likely N-dealkylation sites (tertiary alicyclic amines) is 1. The van der Waals surface area contributed by atoms with E-state index in [1.54, 1.807) is 4.90 Å². The molecule has 1 unspecified atom stereocenters. The third-order valence-corrected chi connectivity index (χ3v) is 5.29. The Morgan fingerprint density at radius 1 is 1.07 bits per heavy atom. The molecule has 3 heterocycles. The molecule has 0 N–H and O–H groups in total. The van der Waals surface area contributed by atoms with Crippen molar-refractivity contribution in [1.29, 1.82) is 0 Å². The van der Waals surface area contributed by atoms with E-state index in [9.17, 15) is 4.79 Å². The van der Waals surface area contributed by atoms with E-state index in [1.165, 1.54) is 0 Å². The number of likely N-dealkylation sites (N-methyl/N-ethyl adjacent to an activating group) is 1. The Balaban J connectivity index is 1.48. The Morgan fingerprint density at radius 2 is 1.89 bits per heavy atom. The Kier molecular flexibility index (Phi) is 3.79. The Morgan fingerprint density at radius 3 is 2.71 bits per heavy atom. The summed E-state index contributed by atoms with van der Waals surface area (Å²) in [7, 11) is 1.82. The predicted molar refractivity (Wildman–Crippen MR) is 105 cm³/mol. The van der Waals surface area contributed by atoms with Crippen LogP contribution in [0.15, 0.2) is 57.5 Å². The lowest BCUT2D eigenvalue weighted by Crippen LogP contribution is -2.21. The van der Waals surface area contributed by atoms with Crippen molar-refractivity contribution in [3.8, 4) is 22.4 Å². The molecule has 6 nitrogen and oxygen atoms in total. The number of carbonyl (C=O) groups is 1. The summed E-state index contributed by atoms with van der Waals surface area (Å²) in [6.45, 7) is 2.59. The standard InChI is InChI=1S/C22H19N3O3/c1-13-23-19-11-15(6-7-20(19)27-13)14-4-3-5-16(10-14)18-12-21(28-24-18)17-8-9-25(2)22(17)26/h3-7,10-12,17H,8-9H2,1-2H3. The van der Waals surface area contributed by atoms with Gasteiger partial charge in [-0.2, -0.15) is 0 Å². The minimum atomic E-state index is -0.229. The number of aryl methyl sites for hydroxylation is 1. The average Bonchev–Trinajstić information content (AvgIpc) is 3.40. The summed E-state index contributed by atoms with van der Waals surface area (Å²) in [6.07, 6.45) is 0.765. The summed E-state index contributed by atoms with van der Waals surface area (Å²) >= 11 is 0. The van der Waals surface area contributed by atoms with Gasteiger partial charge in [-0.25, -0.2) is 4.98 Å². The molecule has 0 saturated carbocycles. The molecule has 2 aromatic heterocycles. The second-order valence-corrected chi connectivity index (χ2v) is 7.21. The Labute approximate surface area is 161 Å². The zero-order valence-corrected chi connectivity index (χ0v) is 15.7. The summed E-state index contributed by atoms with van der Waals surface area (Å²) in [6, 6.07) is 16.0. The lowest BCUT2D eigenvalue weighted by atomic mass is 10.00. The number of rotatable bonds is 3. The van der Waals surface area contributed by atoms with Crippen molar-refractivity contribution in [3.63, 3.8) is 0 Å². The number of amides is 1. The van der Waals surface area contributed by atoms with Gasteiger partial charge in [0.15, 0.2) is 11.5 Å². The number of hydrogen-bond donors (Lipinski definition) is 0. The molecule has 4 aromatic rings. The molecule has 2 aromatic carbocycles. The number of aromatic nitrogens is 2. The van der Waals surface area contributed by atoms with E-state index in [-0.39, 0.29) is 11.8 Å². The Bertz CT molecular complexity index is 1190. The highest BCUT2D eigenvalue weighted by Gasteiger charge is 2.33. The largest absolute Gasteiger partial charge is 0.441 e. The van der Waals surface area contributed by atoms with Gasteiger partial charge < -0.3 is 13.8 Å². The maximum atomic E-state index is 12.2. The summed E-state index contributed by atoms with van der Waals surface area (Å²) in [5, 5.41) is 4.21. The van der Waals surface area contributed by atoms with Crippen molar-refractivity contribution in [2.45, 2.75) is 19.3 Å². The molecule has 1 aliphatic heterocycles. The summed E-state index contributed by atoms with van der Waals surface area (Å²) in [4.78, 5) is 18.4. The smallest absolute Gasteiger partial charge is 0.233 e. The zero-order chi connectivity index (χ0) is 19.3. The number of hydrogen-bond acceptors (Lipinski definition) is 5. The van der Waals surface area contributed by atoms with Gasteiger partial charge in [0.1, 0.15) is 22.9 Å². The van der Waals surface area contributed by atoms with Crippen LogP contribution >= 0.6 is 0 Å². The summed E-state index contributed by atoms with van der Waals surface area (Å²) < 4.78 is 11.1. The third-order valence-electron chi connectivity index (χ3n) is 5.29. The van der Waals surface area contributed by atoms with Crippen molar-refractivity contribution >= 4 is 17.0 Å². The molecule has 0 bridgehead atoms. The summed E-state index contributed by atoms with van der Waals surface area (Å²) in [5.74, 6) is 1.15. The minimum absolute atomic E-state index is 0.0904. The minimum Gasteiger partial charge on any atom is -0.441 e. The third kappa shape index (κ3) is 2.78. The van der Waals surface area contributed by atoms with Crippen molar-refractivity contribution < 1.29 is 13.7 Å². The molecule has 28 heavy (non-hydrogen) atoms. The van der Waals surface area contributed by atoms with E-state index in [0.717, 1.165) is 46.4 Å². The highest BCUT2D eigenvalue weighted by Crippen LogP contribution is 2.32. The van der Waals surface area contributed by atoms with Crippen LogP contribution in [0.1, 0.15) is 24.0 Å². The van der Waals surface area contributed by atoms with E-state index in [1.807, 2.05) is 56.4 Å². The first-order chi connectivity index (χ1) is 13.6. The van der Waals surface area contributed by atoms with Crippen LogP contribution in [0.4, 0.5) is 0 Å². The lowest BCUT2D eigenvalue weighted by molar-refractivity contribution is -0.128. The van der Waals surface area contributed by atoms with Gasteiger partial charge in [0.25, 0.3) is 0 Å². The number of carbonyl (C=O) groups excluding carboxylic acids is 1. The zero-order valence-electron chi connectivity index (χ0n) is 15.7. The van der Waals surface area contributed by atoms with Crippen LogP contribution in [0.3, 0.4) is 0 Å². The second-order valence-electron chi connectivity index (χ2n) is 7.21. The molecule has 0 spiro atoms. The number of nitrogens with zero attached hydrogens (tertiary/aromatic N) is 3. The van der Waals surface area contributed by atoms with Crippen LogP contribution in [0.5, 0.6) is 0 Å². The van der Waals surface area contributed by atoms with Crippen molar-refractivity contribution in [3.05, 3.63) is 60.2 Å². The topological polar surface area (TPSA) is 72.4 Å². The van der Waals surface area contributed by atoms with E-state index < -0.39 is 0 Å². The maximum absolute atomic E-state index is 12.2. The molecule has 6 heteroatoms. The maximum Gasteiger partial charge on any atom is 0.233 e. The Hall–Kier alpha value is -3.41. The van der Waals surface area contributed by atoms with Crippen LogP contribution in [0, 0.1) is 6.92 Å². The fourth-order valence-corrected chi connectivity index (χ4v) is 3.76. The van der Waals surface area contributed by atoms with Gasteiger partial charge in [0.05, 0.1) is 0 Å². The van der Waals surface area contributed by atoms with Gasteiger partial charge in [-0.1, -0.05) is 29.4 Å². The molecule has 1 atom stereocenters. The quantitative estimate of drug-likeness (QED) is 0.532. The molecule has 1 saturated heterocycles. The molecule has 140 valence electrons. The van der Waals surface area contributed by atoms with Crippen LogP contribution in [0.2, 0.25) is 0 Å². The van der Waals surface area contributed by atoms with Crippen molar-refractivity contribution in [2.75, 3.05) is 13.6 Å². The fourth-order valence-electron chi connectivity index (χ4n) is 3.76. The lowest BCUT2D eigenvalue weighted by Gasteiger charge is -2.06. The van der Waals surface area contributed by atoms with Gasteiger partial charge >= 0.3 is 0 Å². The number of oxazole rings is 1. The SMILES string of the molecule is Cc1nc2cc(-c3cccc(-c4cc(C5CCN(C)C5=O)on4)c3)ccc2o1. The molecule has 0 aliphatic carbocycles. The highest BCUT2D eigenvalue weighted by molar-refractivity contribution is 5.85. The normalized spacial score (nSPS) is 17.0. The van der Waals surface area contributed by atoms with Crippen molar-refractivity contribution in [2.24, 2.45) is 0 Å². The van der Waals surface area contributed by atoms with Crippen LogP contribution in [-0.4, -0.2) is 34.5 Å². The number of fused-ring (bicyclic) bond motifs is 1. The molecular weight excluding hydrogens is 354 g/mol. The summed E-state index contributed by atoms with van der Waals surface area (Å²) in [5.41, 5.74) is 5.42. The predicted octanol–water partition coefficient (Wildman–Crippen LogP) is 4.40. The van der Waals surface area contributed by atoms with E-state index in [0.29, 0.717) is 11.7 Å². The van der Waals surface area contributed by atoms with Gasteiger partial charge in [0, 0.05) is 32.1 Å². The monoisotopic (exact) mass is 373 g/mol. The van der Waals surface area contributed by atoms with E-state index >= 15 is 0 Å². The van der Waals surface area contributed by atoms with E-state index in [2.05, 4.69) is 16.2 Å². The van der Waals surface area contributed by atoms with Gasteiger partial charge in [0.2, 0.25) is 5.91 Å². The second kappa shape index (κ2) is 6.34. The van der Waals surface area contributed by atoms with Crippen LogP contribution < -0.4 is 0 Å². The molecule has 1 fully saturated rings. The first-order valence-corrected chi connectivity index (χ1v) is 9.28. The fraction of sp³-hybridized carbons (Fsp3) is 0.227. The number of benzene rings is 2. The van der Waals surface area contributed by atoms with Crippen LogP contribution in [0.25, 0.3) is 33.5 Å². The molecule has 1 amide bonds. The van der Waals surface area contributed by atoms with Gasteiger partial charge in [-0.05, 0) is 35.7 Å².